The number of amides is 1. The van der Waals surface area contributed by atoms with E-state index in [1.807, 2.05) is 43.3 Å². The molecule has 4 nitrogen and oxygen atoms in total. The molecule has 1 aromatic heterocycles. The Balaban J connectivity index is 1.68. The Hall–Kier alpha value is -2.72. The van der Waals surface area contributed by atoms with Crippen molar-refractivity contribution in [2.24, 2.45) is 0 Å². The number of fused-ring (bicyclic) bond motifs is 1. The van der Waals surface area contributed by atoms with Crippen LogP contribution in [-0.2, 0) is 16.0 Å². The van der Waals surface area contributed by atoms with E-state index in [1.54, 1.807) is 0 Å². The van der Waals surface area contributed by atoms with Crippen LogP contribution in [0, 0.1) is 6.92 Å². The Bertz CT molecular complexity index is 947. The van der Waals surface area contributed by atoms with Gasteiger partial charge in [-0.3, -0.25) is 9.78 Å². The molecule has 1 atom stereocenters. The number of rotatable bonds is 5. The highest BCUT2D eigenvalue weighted by Crippen LogP contribution is 2.33. The van der Waals surface area contributed by atoms with E-state index in [9.17, 15) is 4.79 Å². The topological polar surface area (TPSA) is 51.2 Å². The maximum absolute atomic E-state index is 12.6. The number of pyridine rings is 1. The molecule has 0 spiro atoms. The summed E-state index contributed by atoms with van der Waals surface area (Å²) < 4.78 is 5.60. The van der Waals surface area contributed by atoms with Gasteiger partial charge in [-0.25, -0.2) is 0 Å². The summed E-state index contributed by atoms with van der Waals surface area (Å²) in [6, 6.07) is 18.4. The molecular formula is C23H24N2O2. The van der Waals surface area contributed by atoms with E-state index in [-0.39, 0.29) is 12.0 Å². The van der Waals surface area contributed by atoms with E-state index in [0.717, 1.165) is 52.7 Å². The van der Waals surface area contributed by atoms with Crippen molar-refractivity contribution in [3.8, 4) is 11.1 Å². The van der Waals surface area contributed by atoms with Crippen molar-refractivity contribution >= 4 is 16.8 Å². The smallest absolute Gasteiger partial charge is 0.224 e. The largest absolute Gasteiger partial charge is 0.376 e. The molecule has 4 heteroatoms. The zero-order valence-corrected chi connectivity index (χ0v) is 15.6. The highest BCUT2D eigenvalue weighted by Gasteiger charge is 2.19. The third-order valence-corrected chi connectivity index (χ3v) is 5.15. The van der Waals surface area contributed by atoms with E-state index >= 15 is 0 Å². The first-order chi connectivity index (χ1) is 13.2. The number of aryl methyl sites for hydroxylation is 1. The lowest BCUT2D eigenvalue weighted by Crippen LogP contribution is -2.33. The van der Waals surface area contributed by atoms with Crippen molar-refractivity contribution in [1.29, 1.82) is 0 Å². The van der Waals surface area contributed by atoms with Crippen LogP contribution >= 0.6 is 0 Å². The molecule has 138 valence electrons. The Morgan fingerprint density at radius 2 is 1.93 bits per heavy atom. The minimum Gasteiger partial charge on any atom is -0.376 e. The molecule has 2 heterocycles. The first kappa shape index (κ1) is 17.7. The normalized spacial score (nSPS) is 16.6. The van der Waals surface area contributed by atoms with E-state index in [4.69, 9.17) is 9.72 Å². The van der Waals surface area contributed by atoms with E-state index in [0.29, 0.717) is 13.0 Å². The van der Waals surface area contributed by atoms with Crippen LogP contribution in [0.1, 0.15) is 24.1 Å². The molecule has 2 aromatic carbocycles. The molecule has 0 aliphatic carbocycles. The van der Waals surface area contributed by atoms with Crippen LogP contribution < -0.4 is 5.32 Å². The lowest BCUT2D eigenvalue weighted by molar-refractivity contribution is -0.120. The van der Waals surface area contributed by atoms with Crippen LogP contribution in [0.2, 0.25) is 0 Å². The van der Waals surface area contributed by atoms with E-state index in [2.05, 4.69) is 23.5 Å². The molecule has 1 aliphatic heterocycles. The molecule has 1 N–H and O–H groups in total. The molecule has 0 radical (unpaired) electrons. The quantitative estimate of drug-likeness (QED) is 0.747. The second kappa shape index (κ2) is 7.89. The van der Waals surface area contributed by atoms with Gasteiger partial charge < -0.3 is 10.1 Å². The molecule has 1 amide bonds. The molecular weight excluding hydrogens is 336 g/mol. The van der Waals surface area contributed by atoms with Crippen LogP contribution in [0.4, 0.5) is 0 Å². The number of hydrogen-bond donors (Lipinski definition) is 1. The maximum atomic E-state index is 12.6. The van der Waals surface area contributed by atoms with Gasteiger partial charge in [-0.2, -0.15) is 0 Å². The second-order valence-electron chi connectivity index (χ2n) is 7.05. The number of nitrogens with zero attached hydrogens (tertiary/aromatic N) is 1. The molecule has 1 fully saturated rings. The van der Waals surface area contributed by atoms with Crippen molar-refractivity contribution in [3.05, 3.63) is 65.9 Å². The summed E-state index contributed by atoms with van der Waals surface area (Å²) in [6.45, 7) is 3.37. The fourth-order valence-corrected chi connectivity index (χ4v) is 3.78. The van der Waals surface area contributed by atoms with Gasteiger partial charge in [-0.1, -0.05) is 48.5 Å². The molecule has 3 aromatic rings. The SMILES string of the molecule is Cc1nc2ccccc2c(-c2ccccc2)c1CC(=O)NCC1CCCO1. The maximum Gasteiger partial charge on any atom is 0.224 e. The highest BCUT2D eigenvalue weighted by molar-refractivity contribution is 5.98. The number of carbonyl (C=O) groups is 1. The Morgan fingerprint density at radius 1 is 1.15 bits per heavy atom. The van der Waals surface area contributed by atoms with Gasteiger partial charge in [0.2, 0.25) is 5.91 Å². The lowest BCUT2D eigenvalue weighted by Gasteiger charge is -2.17. The molecule has 0 bridgehead atoms. The predicted octanol–water partition coefficient (Wildman–Crippen LogP) is 4.05. The summed E-state index contributed by atoms with van der Waals surface area (Å²) in [5, 5.41) is 4.12. The molecule has 4 rings (SSSR count). The first-order valence-corrected chi connectivity index (χ1v) is 9.54. The average Bonchev–Trinajstić information content (AvgIpc) is 3.21. The van der Waals surface area contributed by atoms with Gasteiger partial charge in [0.05, 0.1) is 18.0 Å². The summed E-state index contributed by atoms with van der Waals surface area (Å²) in [5.74, 6) is 0.0165. The standard InChI is InChI=1S/C23H24N2O2/c1-16-20(14-22(26)24-15-18-10-7-13-27-18)23(17-8-3-2-4-9-17)19-11-5-6-12-21(19)25-16/h2-6,8-9,11-12,18H,7,10,13-15H2,1H3,(H,24,26). The summed E-state index contributed by atoms with van der Waals surface area (Å²) >= 11 is 0. The van der Waals surface area contributed by atoms with Crippen LogP contribution in [0.15, 0.2) is 54.6 Å². The van der Waals surface area contributed by atoms with Gasteiger partial charge in [0.15, 0.2) is 0 Å². The average molecular weight is 360 g/mol. The van der Waals surface area contributed by atoms with Crippen LogP contribution in [0.5, 0.6) is 0 Å². The monoisotopic (exact) mass is 360 g/mol. The van der Waals surface area contributed by atoms with Crippen LogP contribution in [0.3, 0.4) is 0 Å². The number of hydrogen-bond acceptors (Lipinski definition) is 3. The Labute approximate surface area is 159 Å². The van der Waals surface area contributed by atoms with E-state index in [1.165, 1.54) is 0 Å². The first-order valence-electron chi connectivity index (χ1n) is 9.54. The van der Waals surface area contributed by atoms with Crippen LogP contribution in [-0.4, -0.2) is 30.1 Å². The van der Waals surface area contributed by atoms with Gasteiger partial charge in [0.1, 0.15) is 0 Å². The van der Waals surface area contributed by atoms with Crippen molar-refractivity contribution < 1.29 is 9.53 Å². The molecule has 27 heavy (non-hydrogen) atoms. The molecule has 0 saturated carbocycles. The molecule has 1 aliphatic rings. The van der Waals surface area contributed by atoms with Crippen molar-refractivity contribution in [1.82, 2.24) is 10.3 Å². The minimum absolute atomic E-state index is 0.0165. The van der Waals surface area contributed by atoms with Gasteiger partial charge in [0, 0.05) is 24.2 Å². The third kappa shape index (κ3) is 3.86. The zero-order valence-electron chi connectivity index (χ0n) is 15.6. The lowest BCUT2D eigenvalue weighted by atomic mass is 9.92. The number of benzene rings is 2. The number of nitrogens with one attached hydrogen (secondary N) is 1. The number of para-hydroxylation sites is 1. The number of ether oxygens (including phenoxy) is 1. The Morgan fingerprint density at radius 3 is 2.70 bits per heavy atom. The third-order valence-electron chi connectivity index (χ3n) is 5.15. The van der Waals surface area contributed by atoms with Gasteiger partial charge >= 0.3 is 0 Å². The summed E-state index contributed by atoms with van der Waals surface area (Å²) in [4.78, 5) is 17.4. The fraction of sp³-hybridized carbons (Fsp3) is 0.304. The van der Waals surface area contributed by atoms with Gasteiger partial charge in [-0.15, -0.1) is 0 Å². The number of aromatic nitrogens is 1. The fourth-order valence-electron chi connectivity index (χ4n) is 3.78. The summed E-state index contributed by atoms with van der Waals surface area (Å²) in [5.41, 5.74) is 5.06. The van der Waals surface area contributed by atoms with Crippen molar-refractivity contribution in [2.75, 3.05) is 13.2 Å². The molecule has 1 unspecified atom stereocenters. The van der Waals surface area contributed by atoms with Crippen molar-refractivity contribution in [2.45, 2.75) is 32.3 Å². The zero-order chi connectivity index (χ0) is 18.6. The van der Waals surface area contributed by atoms with Gasteiger partial charge in [-0.05, 0) is 42.5 Å². The predicted molar refractivity (Wildman–Crippen MR) is 108 cm³/mol. The molecule has 1 saturated heterocycles. The number of carbonyl (C=O) groups excluding carboxylic acids is 1. The summed E-state index contributed by atoms with van der Waals surface area (Å²) in [7, 11) is 0. The van der Waals surface area contributed by atoms with E-state index < -0.39 is 0 Å². The van der Waals surface area contributed by atoms with Crippen molar-refractivity contribution in [3.63, 3.8) is 0 Å². The van der Waals surface area contributed by atoms with Crippen LogP contribution in [0.25, 0.3) is 22.0 Å². The Kier molecular flexibility index (Phi) is 5.16. The highest BCUT2D eigenvalue weighted by atomic mass is 16.5. The minimum atomic E-state index is 0.0165. The second-order valence-corrected chi connectivity index (χ2v) is 7.05. The summed E-state index contributed by atoms with van der Waals surface area (Å²) in [6.07, 6.45) is 2.57. The van der Waals surface area contributed by atoms with Gasteiger partial charge in [0.25, 0.3) is 0 Å².